The predicted molar refractivity (Wildman–Crippen MR) is 61.4 cm³/mol. The molecule has 0 unspecified atom stereocenters. The zero-order chi connectivity index (χ0) is 11.0. The van der Waals surface area contributed by atoms with Crippen molar-refractivity contribution in [2.75, 3.05) is 7.05 Å². The van der Waals surface area contributed by atoms with Crippen molar-refractivity contribution in [2.24, 2.45) is 0 Å². The third-order valence-electron chi connectivity index (χ3n) is 2.39. The van der Waals surface area contributed by atoms with Gasteiger partial charge in [-0.15, -0.1) is 0 Å². The van der Waals surface area contributed by atoms with E-state index in [4.69, 9.17) is 4.42 Å². The smallest absolute Gasteiger partial charge is 0.149 e. The van der Waals surface area contributed by atoms with Crippen molar-refractivity contribution in [3.8, 4) is 0 Å². The molecule has 1 aromatic carbocycles. The molecular formula is C11H11BrFNO. The van der Waals surface area contributed by atoms with Crippen LogP contribution in [0.3, 0.4) is 0 Å². The number of rotatable bonds is 2. The number of furan rings is 1. The Morgan fingerprint density at radius 3 is 2.87 bits per heavy atom. The quantitative estimate of drug-likeness (QED) is 0.906. The van der Waals surface area contributed by atoms with Gasteiger partial charge >= 0.3 is 0 Å². The Morgan fingerprint density at radius 1 is 1.47 bits per heavy atom. The van der Waals surface area contributed by atoms with Gasteiger partial charge in [0, 0.05) is 5.39 Å². The molecule has 4 heteroatoms. The largest absolute Gasteiger partial charge is 0.458 e. The van der Waals surface area contributed by atoms with E-state index in [-0.39, 0.29) is 5.82 Å². The molecule has 0 saturated heterocycles. The summed E-state index contributed by atoms with van der Waals surface area (Å²) < 4.78 is 19.5. The van der Waals surface area contributed by atoms with E-state index in [1.54, 1.807) is 0 Å². The molecule has 0 saturated carbocycles. The average molecular weight is 272 g/mol. The number of hydrogen-bond acceptors (Lipinski definition) is 2. The summed E-state index contributed by atoms with van der Waals surface area (Å²) in [6, 6.07) is 2.91. The molecule has 0 aliphatic rings. The third kappa shape index (κ3) is 1.79. The Morgan fingerprint density at radius 2 is 2.20 bits per heavy atom. The number of hydrogen-bond donors (Lipinski definition) is 1. The van der Waals surface area contributed by atoms with Gasteiger partial charge in [-0.2, -0.15) is 0 Å². The lowest BCUT2D eigenvalue weighted by Gasteiger charge is -1.94. The lowest BCUT2D eigenvalue weighted by atomic mass is 10.1. The highest BCUT2D eigenvalue weighted by Gasteiger charge is 2.13. The standard InChI is InChI=1S/C11H11BrFNO/c1-6-8-3-7(13)4-9(12)11(8)15-10(6)5-14-2/h3-4,14H,5H2,1-2H3. The molecule has 0 spiro atoms. The van der Waals surface area contributed by atoms with Crippen molar-refractivity contribution >= 4 is 26.9 Å². The highest BCUT2D eigenvalue weighted by atomic mass is 79.9. The van der Waals surface area contributed by atoms with Crippen molar-refractivity contribution in [3.63, 3.8) is 0 Å². The van der Waals surface area contributed by atoms with Crippen LogP contribution in [0.2, 0.25) is 0 Å². The van der Waals surface area contributed by atoms with Gasteiger partial charge in [0.2, 0.25) is 0 Å². The van der Waals surface area contributed by atoms with Gasteiger partial charge in [-0.1, -0.05) is 0 Å². The second kappa shape index (κ2) is 3.94. The van der Waals surface area contributed by atoms with Gasteiger partial charge in [-0.05, 0) is 47.6 Å². The Labute approximate surface area is 95.6 Å². The predicted octanol–water partition coefficient (Wildman–Crippen LogP) is 3.36. The number of fused-ring (bicyclic) bond motifs is 1. The first-order valence-electron chi connectivity index (χ1n) is 4.65. The minimum absolute atomic E-state index is 0.255. The second-order valence-electron chi connectivity index (χ2n) is 3.44. The Kier molecular flexibility index (Phi) is 2.80. The molecule has 1 heterocycles. The monoisotopic (exact) mass is 271 g/mol. The number of aryl methyl sites for hydroxylation is 1. The zero-order valence-electron chi connectivity index (χ0n) is 8.53. The highest BCUT2D eigenvalue weighted by Crippen LogP contribution is 2.31. The van der Waals surface area contributed by atoms with Crippen LogP contribution in [0.25, 0.3) is 11.0 Å². The molecule has 1 N–H and O–H groups in total. The number of benzene rings is 1. The maximum atomic E-state index is 13.2. The first-order valence-corrected chi connectivity index (χ1v) is 5.44. The van der Waals surface area contributed by atoms with E-state index in [0.717, 1.165) is 16.7 Å². The lowest BCUT2D eigenvalue weighted by Crippen LogP contribution is -2.04. The van der Waals surface area contributed by atoms with Crippen LogP contribution in [-0.4, -0.2) is 7.05 Å². The van der Waals surface area contributed by atoms with Crippen LogP contribution in [0.4, 0.5) is 4.39 Å². The van der Waals surface area contributed by atoms with E-state index in [1.165, 1.54) is 12.1 Å². The molecule has 0 aliphatic heterocycles. The van der Waals surface area contributed by atoms with Crippen LogP contribution >= 0.6 is 15.9 Å². The van der Waals surface area contributed by atoms with Gasteiger partial charge in [-0.25, -0.2) is 4.39 Å². The van der Waals surface area contributed by atoms with E-state index in [0.29, 0.717) is 16.6 Å². The first kappa shape index (κ1) is 10.6. The fourth-order valence-corrected chi connectivity index (χ4v) is 2.14. The topological polar surface area (TPSA) is 25.2 Å². The van der Waals surface area contributed by atoms with Gasteiger partial charge in [0.05, 0.1) is 11.0 Å². The fourth-order valence-electron chi connectivity index (χ4n) is 1.62. The average Bonchev–Trinajstić information content (AvgIpc) is 2.47. The summed E-state index contributed by atoms with van der Waals surface area (Å²) in [6.07, 6.45) is 0. The van der Waals surface area contributed by atoms with Gasteiger partial charge < -0.3 is 9.73 Å². The van der Waals surface area contributed by atoms with Crippen LogP contribution in [0, 0.1) is 12.7 Å². The summed E-state index contributed by atoms with van der Waals surface area (Å²) in [4.78, 5) is 0. The third-order valence-corrected chi connectivity index (χ3v) is 2.98. The molecule has 15 heavy (non-hydrogen) atoms. The fraction of sp³-hybridized carbons (Fsp3) is 0.273. The second-order valence-corrected chi connectivity index (χ2v) is 4.30. The van der Waals surface area contributed by atoms with Crippen molar-refractivity contribution in [2.45, 2.75) is 13.5 Å². The molecule has 1 aromatic heterocycles. The summed E-state index contributed by atoms with van der Waals surface area (Å²) >= 11 is 3.29. The molecular weight excluding hydrogens is 261 g/mol. The Bertz CT molecular complexity index is 507. The molecule has 0 radical (unpaired) electrons. The number of halogens is 2. The van der Waals surface area contributed by atoms with Gasteiger partial charge in [0.25, 0.3) is 0 Å². The normalized spacial score (nSPS) is 11.2. The maximum absolute atomic E-state index is 13.2. The molecule has 0 amide bonds. The van der Waals surface area contributed by atoms with Crippen molar-refractivity contribution < 1.29 is 8.81 Å². The highest BCUT2D eigenvalue weighted by molar-refractivity contribution is 9.10. The maximum Gasteiger partial charge on any atom is 0.149 e. The lowest BCUT2D eigenvalue weighted by molar-refractivity contribution is 0.525. The molecule has 2 rings (SSSR count). The molecule has 80 valence electrons. The minimum atomic E-state index is -0.255. The summed E-state index contributed by atoms with van der Waals surface area (Å²) in [5, 5.41) is 3.84. The van der Waals surface area contributed by atoms with Crippen LogP contribution in [0.15, 0.2) is 21.0 Å². The SMILES string of the molecule is CNCc1oc2c(Br)cc(F)cc2c1C. The van der Waals surface area contributed by atoms with E-state index in [9.17, 15) is 4.39 Å². The molecule has 0 bridgehead atoms. The van der Waals surface area contributed by atoms with Crippen molar-refractivity contribution in [3.05, 3.63) is 33.7 Å². The van der Waals surface area contributed by atoms with Gasteiger partial charge in [-0.3, -0.25) is 0 Å². The van der Waals surface area contributed by atoms with E-state index in [2.05, 4.69) is 21.2 Å². The van der Waals surface area contributed by atoms with E-state index < -0.39 is 0 Å². The first-order chi connectivity index (χ1) is 7.13. The van der Waals surface area contributed by atoms with Crippen LogP contribution in [0.1, 0.15) is 11.3 Å². The molecule has 2 nitrogen and oxygen atoms in total. The van der Waals surface area contributed by atoms with Crippen LogP contribution < -0.4 is 5.32 Å². The van der Waals surface area contributed by atoms with Crippen molar-refractivity contribution in [1.29, 1.82) is 0 Å². The molecule has 2 aromatic rings. The molecule has 0 atom stereocenters. The summed E-state index contributed by atoms with van der Waals surface area (Å²) in [6.45, 7) is 2.58. The summed E-state index contributed by atoms with van der Waals surface area (Å²) in [5.74, 6) is 0.591. The van der Waals surface area contributed by atoms with Gasteiger partial charge in [0.1, 0.15) is 17.2 Å². The summed E-state index contributed by atoms with van der Waals surface area (Å²) in [7, 11) is 1.85. The Balaban J connectivity index is 2.70. The van der Waals surface area contributed by atoms with Crippen molar-refractivity contribution in [1.82, 2.24) is 5.32 Å². The minimum Gasteiger partial charge on any atom is -0.458 e. The molecule has 0 fully saturated rings. The van der Waals surface area contributed by atoms with Crippen LogP contribution in [-0.2, 0) is 6.54 Å². The molecule has 0 aliphatic carbocycles. The number of nitrogens with one attached hydrogen (secondary N) is 1. The summed E-state index contributed by atoms with van der Waals surface area (Å²) in [5.41, 5.74) is 1.69. The van der Waals surface area contributed by atoms with E-state index >= 15 is 0 Å². The van der Waals surface area contributed by atoms with E-state index in [1.807, 2.05) is 14.0 Å². The zero-order valence-corrected chi connectivity index (χ0v) is 10.1. The van der Waals surface area contributed by atoms with Crippen LogP contribution in [0.5, 0.6) is 0 Å². The Hall–Kier alpha value is -0.870. The van der Waals surface area contributed by atoms with Gasteiger partial charge in [0.15, 0.2) is 0 Å².